The Morgan fingerprint density at radius 3 is 1.50 bits per heavy atom. The Morgan fingerprint density at radius 2 is 1.02 bits per heavy atom. The van der Waals surface area contributed by atoms with Gasteiger partial charge in [0.2, 0.25) is 5.91 Å². The third-order valence-corrected chi connectivity index (χ3v) is 11.7. The van der Waals surface area contributed by atoms with Gasteiger partial charge in [0.1, 0.15) is 24.4 Å². The highest BCUT2D eigenvalue weighted by molar-refractivity contribution is 5.76. The molecule has 1 aliphatic heterocycles. The van der Waals surface area contributed by atoms with Gasteiger partial charge in [-0.15, -0.1) is 0 Å². The monoisotopic (exact) mass is 848 g/mol. The molecule has 7 unspecified atom stereocenters. The predicted octanol–water partition coefficient (Wildman–Crippen LogP) is 11.0. The zero-order valence-corrected chi connectivity index (χ0v) is 38.5. The van der Waals surface area contributed by atoms with Gasteiger partial charge in [0, 0.05) is 6.42 Å². The van der Waals surface area contributed by atoms with Crippen LogP contribution in [0.1, 0.15) is 213 Å². The molecule has 0 aliphatic carbocycles. The lowest BCUT2D eigenvalue weighted by molar-refractivity contribution is -0.302. The van der Waals surface area contributed by atoms with E-state index in [1.807, 2.05) is 19.1 Å². The van der Waals surface area contributed by atoms with Crippen LogP contribution >= 0.6 is 0 Å². The summed E-state index contributed by atoms with van der Waals surface area (Å²) >= 11 is 0. The number of aliphatic hydroxyl groups excluding tert-OH is 5. The minimum absolute atomic E-state index is 0.195. The fraction of sp³-hybridized carbons (Fsp3) is 0.824. The molecule has 1 fully saturated rings. The summed E-state index contributed by atoms with van der Waals surface area (Å²) in [6.07, 6.45) is 46.4. The first kappa shape index (κ1) is 56.2. The minimum Gasteiger partial charge on any atom is -0.394 e. The van der Waals surface area contributed by atoms with Crippen LogP contribution in [-0.4, -0.2) is 87.5 Å². The third-order valence-electron chi connectivity index (χ3n) is 11.7. The average molecular weight is 848 g/mol. The van der Waals surface area contributed by atoms with Gasteiger partial charge in [0.25, 0.3) is 0 Å². The lowest BCUT2D eigenvalue weighted by Crippen LogP contribution is -2.60. The van der Waals surface area contributed by atoms with E-state index in [1.165, 1.54) is 148 Å². The van der Waals surface area contributed by atoms with Crippen molar-refractivity contribution in [2.24, 2.45) is 0 Å². The molecule has 0 bridgehead atoms. The Bertz CT molecular complexity index is 1080. The van der Waals surface area contributed by atoms with E-state index in [2.05, 4.69) is 42.6 Å². The molecule has 1 rings (SSSR count). The van der Waals surface area contributed by atoms with Crippen molar-refractivity contribution in [2.75, 3.05) is 13.2 Å². The van der Waals surface area contributed by atoms with Crippen molar-refractivity contribution < 1.29 is 39.8 Å². The molecule has 60 heavy (non-hydrogen) atoms. The molecule has 0 saturated carbocycles. The predicted molar refractivity (Wildman–Crippen MR) is 249 cm³/mol. The van der Waals surface area contributed by atoms with Crippen molar-refractivity contribution in [1.29, 1.82) is 0 Å². The van der Waals surface area contributed by atoms with Crippen LogP contribution in [0, 0.1) is 0 Å². The molecule has 6 N–H and O–H groups in total. The molecule has 1 heterocycles. The number of rotatable bonds is 41. The molecule has 9 nitrogen and oxygen atoms in total. The minimum atomic E-state index is -1.57. The van der Waals surface area contributed by atoms with Crippen LogP contribution in [0.5, 0.6) is 0 Å². The maximum Gasteiger partial charge on any atom is 0.220 e. The summed E-state index contributed by atoms with van der Waals surface area (Å²) in [4.78, 5) is 12.9. The molecule has 0 aromatic heterocycles. The van der Waals surface area contributed by atoms with E-state index >= 15 is 0 Å². The van der Waals surface area contributed by atoms with Crippen LogP contribution in [0.2, 0.25) is 0 Å². The van der Waals surface area contributed by atoms with Gasteiger partial charge in [-0.25, -0.2) is 0 Å². The van der Waals surface area contributed by atoms with E-state index in [0.717, 1.165) is 44.9 Å². The Kier molecular flexibility index (Phi) is 38.5. The number of amides is 1. The second kappa shape index (κ2) is 41.2. The molecule has 9 heteroatoms. The summed E-state index contributed by atoms with van der Waals surface area (Å²) in [5.41, 5.74) is 0. The first-order valence-electron chi connectivity index (χ1n) is 24.8. The summed E-state index contributed by atoms with van der Waals surface area (Å²) in [6.45, 7) is 3.52. The number of nitrogens with one attached hydrogen (secondary N) is 1. The Balaban J connectivity index is 2.16. The smallest absolute Gasteiger partial charge is 0.220 e. The number of unbranched alkanes of at least 4 members (excludes halogenated alkanes) is 26. The van der Waals surface area contributed by atoms with Crippen molar-refractivity contribution in [3.8, 4) is 0 Å². The number of carbonyl (C=O) groups is 1. The zero-order chi connectivity index (χ0) is 43.7. The largest absolute Gasteiger partial charge is 0.394 e. The first-order valence-corrected chi connectivity index (χ1v) is 24.8. The maximum atomic E-state index is 12.9. The van der Waals surface area contributed by atoms with E-state index in [9.17, 15) is 30.3 Å². The second-order valence-corrected chi connectivity index (χ2v) is 17.2. The average Bonchev–Trinajstić information content (AvgIpc) is 3.25. The Labute approximate surface area is 367 Å². The quantitative estimate of drug-likeness (QED) is 0.0263. The molecule has 1 saturated heterocycles. The van der Waals surface area contributed by atoms with Crippen LogP contribution < -0.4 is 5.32 Å². The summed E-state index contributed by atoms with van der Waals surface area (Å²) < 4.78 is 11.2. The van der Waals surface area contributed by atoms with E-state index < -0.39 is 49.5 Å². The summed E-state index contributed by atoms with van der Waals surface area (Å²) in [5, 5.41) is 54.0. The summed E-state index contributed by atoms with van der Waals surface area (Å²) in [6, 6.07) is -0.826. The van der Waals surface area contributed by atoms with Crippen molar-refractivity contribution in [3.05, 3.63) is 48.6 Å². The molecule has 7 atom stereocenters. The van der Waals surface area contributed by atoms with Crippen LogP contribution in [0.4, 0.5) is 0 Å². The highest BCUT2D eigenvalue weighted by Gasteiger charge is 2.44. The number of aliphatic hydroxyl groups is 5. The van der Waals surface area contributed by atoms with Gasteiger partial charge in [-0.3, -0.25) is 4.79 Å². The topological polar surface area (TPSA) is 149 Å². The number of ether oxygens (including phenoxy) is 2. The van der Waals surface area contributed by atoms with Gasteiger partial charge in [0.05, 0.1) is 25.4 Å². The second-order valence-electron chi connectivity index (χ2n) is 17.2. The molecule has 0 spiro atoms. The highest BCUT2D eigenvalue weighted by Crippen LogP contribution is 2.23. The fourth-order valence-electron chi connectivity index (χ4n) is 7.72. The summed E-state index contributed by atoms with van der Waals surface area (Å²) in [5.74, 6) is -0.195. The van der Waals surface area contributed by atoms with Crippen LogP contribution in [0.15, 0.2) is 48.6 Å². The molecule has 1 aliphatic rings. The SMILES string of the molecule is C/C=C/CC/C=C/CC/C=C/C(O)C(COC1OC(CO)C(O)C(O)C1O)NC(=O)CCCCCCCCCCCCCC/C=C\CCCCCCCCCCCCCC. The van der Waals surface area contributed by atoms with Crippen molar-refractivity contribution in [3.63, 3.8) is 0 Å². The van der Waals surface area contributed by atoms with E-state index in [0.29, 0.717) is 6.42 Å². The molecule has 0 aromatic rings. The molecular formula is C51H93NO8. The number of allylic oxidation sites excluding steroid dienone is 7. The zero-order valence-electron chi connectivity index (χ0n) is 38.5. The van der Waals surface area contributed by atoms with Gasteiger partial charge < -0.3 is 40.3 Å². The fourth-order valence-corrected chi connectivity index (χ4v) is 7.72. The Morgan fingerprint density at radius 1 is 0.583 bits per heavy atom. The molecule has 0 radical (unpaired) electrons. The molecule has 0 aromatic carbocycles. The van der Waals surface area contributed by atoms with Crippen molar-refractivity contribution in [2.45, 2.75) is 256 Å². The van der Waals surface area contributed by atoms with Gasteiger partial charge in [-0.2, -0.15) is 0 Å². The van der Waals surface area contributed by atoms with Gasteiger partial charge in [-0.1, -0.05) is 190 Å². The maximum absolute atomic E-state index is 12.9. The van der Waals surface area contributed by atoms with Crippen LogP contribution in [0.3, 0.4) is 0 Å². The number of carbonyl (C=O) groups excluding carboxylic acids is 1. The standard InChI is InChI=1S/C51H93NO8/c1-3-5-7-9-11-13-14-15-16-17-18-19-20-21-22-23-24-25-26-27-28-29-30-31-33-35-37-39-41-47(55)52-44(45(54)40-38-36-34-32-12-10-8-6-4-2)43-59-51-50(58)49(57)48(56)46(42-53)60-51/h4,6,12,21-22,32,38,40,44-46,48-51,53-54,56-58H,3,5,7-11,13-20,23-31,33-37,39,41-43H2,1-2H3,(H,52,55)/b6-4+,22-21-,32-12+,40-38+. The van der Waals surface area contributed by atoms with E-state index in [4.69, 9.17) is 9.47 Å². The number of hydrogen-bond acceptors (Lipinski definition) is 8. The van der Waals surface area contributed by atoms with Gasteiger partial charge in [-0.05, 0) is 64.7 Å². The molecule has 350 valence electrons. The van der Waals surface area contributed by atoms with Crippen molar-refractivity contribution >= 4 is 5.91 Å². The molecular weight excluding hydrogens is 755 g/mol. The lowest BCUT2D eigenvalue weighted by Gasteiger charge is -2.40. The van der Waals surface area contributed by atoms with Gasteiger partial charge >= 0.3 is 0 Å². The van der Waals surface area contributed by atoms with E-state index in [1.54, 1.807) is 6.08 Å². The van der Waals surface area contributed by atoms with Crippen LogP contribution in [-0.2, 0) is 14.3 Å². The van der Waals surface area contributed by atoms with Gasteiger partial charge in [0.15, 0.2) is 6.29 Å². The van der Waals surface area contributed by atoms with Crippen LogP contribution in [0.25, 0.3) is 0 Å². The highest BCUT2D eigenvalue weighted by atomic mass is 16.7. The summed E-state index contributed by atoms with van der Waals surface area (Å²) in [7, 11) is 0. The van der Waals surface area contributed by atoms with E-state index in [-0.39, 0.29) is 12.5 Å². The first-order chi connectivity index (χ1) is 29.3. The third kappa shape index (κ3) is 31.1. The van der Waals surface area contributed by atoms with Crippen molar-refractivity contribution in [1.82, 2.24) is 5.32 Å². The number of hydrogen-bond donors (Lipinski definition) is 6. The molecule has 1 amide bonds. The lowest BCUT2D eigenvalue weighted by atomic mass is 9.99. The normalized spacial score (nSPS) is 20.9. The Hall–Kier alpha value is -1.85.